The van der Waals surface area contributed by atoms with E-state index in [1.165, 1.54) is 12.0 Å². The number of ether oxygens (including phenoxy) is 3. The highest BCUT2D eigenvalue weighted by molar-refractivity contribution is 9.10. The molecule has 1 amide bonds. The molecule has 1 heterocycles. The first kappa shape index (κ1) is 23.6. The molecule has 0 saturated carbocycles. The molecule has 7 heteroatoms. The number of anilines is 1. The number of carbonyl (C=O) groups is 2. The molecule has 0 aliphatic carbocycles. The maximum absolute atomic E-state index is 13.4. The highest BCUT2D eigenvalue weighted by Crippen LogP contribution is 2.37. The molecule has 1 aliphatic heterocycles. The van der Waals surface area contributed by atoms with Gasteiger partial charge in [-0.1, -0.05) is 28.9 Å². The predicted octanol–water partition coefficient (Wildman–Crippen LogP) is 5.51. The summed E-state index contributed by atoms with van der Waals surface area (Å²) in [4.78, 5) is 27.5. The molecule has 0 aromatic heterocycles. The van der Waals surface area contributed by atoms with Gasteiger partial charge in [0.1, 0.15) is 0 Å². The van der Waals surface area contributed by atoms with Crippen LogP contribution in [0.25, 0.3) is 6.08 Å². The number of rotatable bonds is 8. The summed E-state index contributed by atoms with van der Waals surface area (Å²) < 4.78 is 17.4. The molecule has 32 heavy (non-hydrogen) atoms. The average molecular weight is 500 g/mol. The van der Waals surface area contributed by atoms with Crippen LogP contribution in [0.5, 0.6) is 11.5 Å². The van der Waals surface area contributed by atoms with Crippen molar-refractivity contribution in [3.63, 3.8) is 0 Å². The van der Waals surface area contributed by atoms with Crippen LogP contribution in [-0.2, 0) is 14.3 Å². The van der Waals surface area contributed by atoms with Crippen LogP contribution in [0.3, 0.4) is 0 Å². The Hall–Kier alpha value is -3.06. The number of benzene rings is 2. The molecule has 0 spiro atoms. The summed E-state index contributed by atoms with van der Waals surface area (Å²) in [6.45, 7) is 6.72. The Morgan fingerprint density at radius 3 is 2.41 bits per heavy atom. The van der Waals surface area contributed by atoms with Gasteiger partial charge in [-0.05, 0) is 68.3 Å². The summed E-state index contributed by atoms with van der Waals surface area (Å²) in [6, 6.07) is 12.8. The van der Waals surface area contributed by atoms with E-state index in [1.54, 1.807) is 19.1 Å². The number of nitrogens with zero attached hydrogens (tertiary/aromatic N) is 1. The van der Waals surface area contributed by atoms with E-state index in [9.17, 15) is 9.59 Å². The van der Waals surface area contributed by atoms with E-state index < -0.39 is 5.97 Å². The summed E-state index contributed by atoms with van der Waals surface area (Å²) in [5.74, 6) is 0.375. The zero-order chi connectivity index (χ0) is 23.3. The molecule has 0 N–H and O–H groups in total. The highest BCUT2D eigenvalue weighted by Gasteiger charge is 2.37. The normalized spacial score (nSPS) is 14.8. The summed E-state index contributed by atoms with van der Waals surface area (Å²) in [6.07, 6.45) is 2.56. The molecule has 0 saturated heterocycles. The van der Waals surface area contributed by atoms with Crippen molar-refractivity contribution in [2.24, 2.45) is 0 Å². The van der Waals surface area contributed by atoms with E-state index in [2.05, 4.69) is 15.9 Å². The Kier molecular flexibility index (Phi) is 7.75. The van der Waals surface area contributed by atoms with Gasteiger partial charge in [0.2, 0.25) is 0 Å². The fraction of sp³-hybridized carbons (Fsp3) is 0.280. The van der Waals surface area contributed by atoms with Crippen LogP contribution in [0.1, 0.15) is 32.8 Å². The van der Waals surface area contributed by atoms with Crippen molar-refractivity contribution in [3.05, 3.63) is 69.3 Å². The highest BCUT2D eigenvalue weighted by atomic mass is 79.9. The van der Waals surface area contributed by atoms with Crippen molar-refractivity contribution in [1.29, 1.82) is 0 Å². The van der Waals surface area contributed by atoms with Crippen molar-refractivity contribution in [3.8, 4) is 11.5 Å². The van der Waals surface area contributed by atoms with Gasteiger partial charge in [-0.25, -0.2) is 4.79 Å². The Morgan fingerprint density at radius 1 is 1.06 bits per heavy atom. The maximum Gasteiger partial charge on any atom is 0.340 e. The number of methoxy groups -OCH3 is 1. The molecule has 3 rings (SSSR count). The molecular formula is C25H26BrNO5. The summed E-state index contributed by atoms with van der Waals surface area (Å²) >= 11 is 3.40. The third kappa shape index (κ3) is 4.88. The third-order valence-corrected chi connectivity index (χ3v) is 5.44. The van der Waals surface area contributed by atoms with E-state index in [-0.39, 0.29) is 17.1 Å². The molecule has 0 bridgehead atoms. The number of allylic oxidation sites excluding steroid dienone is 1. The quantitative estimate of drug-likeness (QED) is 0.353. The van der Waals surface area contributed by atoms with Crippen molar-refractivity contribution in [2.45, 2.75) is 27.2 Å². The number of carbonyl (C=O) groups excluding carboxylic acids is 2. The van der Waals surface area contributed by atoms with Crippen LogP contribution in [0.15, 0.2) is 63.8 Å². The summed E-state index contributed by atoms with van der Waals surface area (Å²) in [5.41, 5.74) is 2.40. The van der Waals surface area contributed by atoms with E-state index in [1.807, 2.05) is 50.2 Å². The fourth-order valence-electron chi connectivity index (χ4n) is 3.46. The first-order valence-electron chi connectivity index (χ1n) is 10.4. The molecule has 168 valence electrons. The minimum Gasteiger partial charge on any atom is -0.490 e. The van der Waals surface area contributed by atoms with Crippen LogP contribution in [-0.4, -0.2) is 32.2 Å². The number of halogens is 1. The molecule has 0 unspecified atom stereocenters. The standard InChI is InChI=1S/C25H26BrNO5/c1-5-13-32-21-12-7-17(15-22(21)31-6-2)14-20-23(25(29)30-4)16(3)27(24(20)28)19-10-8-18(26)9-11-19/h7-12,14-15H,5-6,13H2,1-4H3/b20-14-. The minimum absolute atomic E-state index is 0.240. The van der Waals surface area contributed by atoms with E-state index in [0.717, 1.165) is 10.9 Å². The average Bonchev–Trinajstić information content (AvgIpc) is 3.03. The van der Waals surface area contributed by atoms with Crippen LogP contribution < -0.4 is 14.4 Å². The van der Waals surface area contributed by atoms with Crippen LogP contribution in [0, 0.1) is 0 Å². The van der Waals surface area contributed by atoms with Crippen molar-refractivity contribution >= 4 is 39.6 Å². The second kappa shape index (κ2) is 10.5. The number of amides is 1. The van der Waals surface area contributed by atoms with Gasteiger partial charge in [-0.2, -0.15) is 0 Å². The van der Waals surface area contributed by atoms with Crippen molar-refractivity contribution in [1.82, 2.24) is 0 Å². The van der Waals surface area contributed by atoms with E-state index in [4.69, 9.17) is 14.2 Å². The van der Waals surface area contributed by atoms with E-state index >= 15 is 0 Å². The first-order valence-corrected chi connectivity index (χ1v) is 11.2. The van der Waals surface area contributed by atoms with Gasteiger partial charge in [0.15, 0.2) is 11.5 Å². The van der Waals surface area contributed by atoms with Crippen molar-refractivity contribution in [2.75, 3.05) is 25.2 Å². The van der Waals surface area contributed by atoms with Gasteiger partial charge < -0.3 is 14.2 Å². The number of hydrogen-bond acceptors (Lipinski definition) is 5. The Labute approximate surface area is 196 Å². The monoisotopic (exact) mass is 499 g/mol. The summed E-state index contributed by atoms with van der Waals surface area (Å²) in [5, 5.41) is 0. The Morgan fingerprint density at radius 2 is 1.78 bits per heavy atom. The Bertz CT molecular complexity index is 1070. The molecule has 2 aromatic rings. The Balaban J connectivity index is 2.06. The predicted molar refractivity (Wildman–Crippen MR) is 128 cm³/mol. The lowest BCUT2D eigenvalue weighted by atomic mass is 10.0. The molecule has 1 aliphatic rings. The lowest BCUT2D eigenvalue weighted by Crippen LogP contribution is -2.24. The van der Waals surface area contributed by atoms with Crippen LogP contribution >= 0.6 is 15.9 Å². The first-order chi connectivity index (χ1) is 15.4. The molecule has 0 radical (unpaired) electrons. The summed E-state index contributed by atoms with van der Waals surface area (Å²) in [7, 11) is 1.31. The maximum atomic E-state index is 13.4. The van der Waals surface area contributed by atoms with Crippen molar-refractivity contribution < 1.29 is 23.8 Å². The van der Waals surface area contributed by atoms with Gasteiger partial charge >= 0.3 is 5.97 Å². The molecule has 0 fully saturated rings. The second-order valence-corrected chi connectivity index (χ2v) is 8.03. The molecular weight excluding hydrogens is 474 g/mol. The van der Waals surface area contributed by atoms with Gasteiger partial charge in [-0.15, -0.1) is 0 Å². The molecule has 6 nitrogen and oxygen atoms in total. The lowest BCUT2D eigenvalue weighted by Gasteiger charge is -2.18. The lowest BCUT2D eigenvalue weighted by molar-refractivity contribution is -0.136. The largest absolute Gasteiger partial charge is 0.490 e. The zero-order valence-corrected chi connectivity index (χ0v) is 20.2. The number of esters is 1. The number of hydrogen-bond donors (Lipinski definition) is 0. The molecule has 2 aromatic carbocycles. The van der Waals surface area contributed by atoms with E-state index in [0.29, 0.717) is 41.7 Å². The fourth-order valence-corrected chi connectivity index (χ4v) is 3.73. The zero-order valence-electron chi connectivity index (χ0n) is 18.6. The van der Waals surface area contributed by atoms with Gasteiger partial charge in [0.05, 0.1) is 31.5 Å². The van der Waals surface area contributed by atoms with Gasteiger partial charge in [0, 0.05) is 15.9 Å². The van der Waals surface area contributed by atoms with Crippen LogP contribution in [0.4, 0.5) is 5.69 Å². The van der Waals surface area contributed by atoms with Gasteiger partial charge in [0.25, 0.3) is 5.91 Å². The van der Waals surface area contributed by atoms with Crippen LogP contribution in [0.2, 0.25) is 0 Å². The molecule has 0 atom stereocenters. The second-order valence-electron chi connectivity index (χ2n) is 7.11. The van der Waals surface area contributed by atoms with Gasteiger partial charge in [-0.3, -0.25) is 9.69 Å². The third-order valence-electron chi connectivity index (χ3n) is 4.91. The topological polar surface area (TPSA) is 65.1 Å². The smallest absolute Gasteiger partial charge is 0.340 e. The minimum atomic E-state index is -0.561. The SMILES string of the molecule is CCCOc1ccc(/C=C2\C(=O)N(c3ccc(Br)cc3)C(C)=C2C(=O)OC)cc1OCC.